The molecule has 26 heteroatoms. The summed E-state index contributed by atoms with van der Waals surface area (Å²) < 4.78 is 4.77. The zero-order valence-electron chi connectivity index (χ0n) is 42.4. The fourth-order valence-electron chi connectivity index (χ4n) is 10.9. The Morgan fingerprint density at radius 1 is 0.297 bits per heavy atom. The minimum atomic E-state index is -2.65. The molecule has 0 aliphatic carbocycles. The van der Waals surface area contributed by atoms with Gasteiger partial charge in [-0.1, -0.05) is 19.3 Å². The van der Waals surface area contributed by atoms with Gasteiger partial charge in [-0.2, -0.15) is 0 Å². The Morgan fingerprint density at radius 2 is 0.568 bits per heavy atom. The Kier molecular flexibility index (Phi) is 39.8. The van der Waals surface area contributed by atoms with Crippen LogP contribution in [-0.4, -0.2) is 287 Å². The van der Waals surface area contributed by atoms with E-state index >= 15 is 0 Å². The van der Waals surface area contributed by atoms with E-state index in [1.807, 2.05) is 0 Å². The van der Waals surface area contributed by atoms with Gasteiger partial charge in [0.15, 0.2) is 6.10 Å². The van der Waals surface area contributed by atoms with Crippen LogP contribution in [0.25, 0.3) is 0 Å². The van der Waals surface area contributed by atoms with Gasteiger partial charge in [-0.3, -0.25) is 0 Å². The maximum absolute atomic E-state index is 12.9. The number of rotatable bonds is 47. The molecule has 0 radical (unpaired) electrons. The fourth-order valence-corrected chi connectivity index (χ4v) is 10.9. The second-order valence-electron chi connectivity index (χ2n) is 20.2. The van der Waals surface area contributed by atoms with Crippen LogP contribution in [0, 0.1) is 53.3 Å². The normalized spacial score (nSPS) is 21.5. The molecule has 0 fully saturated rings. The van der Waals surface area contributed by atoms with Gasteiger partial charge in [-0.05, 0) is 117 Å². The first kappa shape index (κ1) is 72.5. The lowest BCUT2D eigenvalue weighted by molar-refractivity contribution is -0.173. The monoisotopic (exact) mass is 1090 g/mol. The first-order valence-electron chi connectivity index (χ1n) is 25.7. The van der Waals surface area contributed by atoms with Gasteiger partial charge in [0.05, 0.1) is 127 Å². The minimum absolute atomic E-state index is 0.180. The van der Waals surface area contributed by atoms with E-state index < -0.39 is 256 Å². The molecule has 444 valence electrons. The van der Waals surface area contributed by atoms with E-state index in [9.17, 15) is 122 Å². The molecule has 0 rings (SSSR count). The van der Waals surface area contributed by atoms with Crippen LogP contribution in [0.15, 0.2) is 0 Å². The Balaban J connectivity index is 9.23. The largest absolute Gasteiger partial charge is 0.461 e. The van der Waals surface area contributed by atoms with Gasteiger partial charge >= 0.3 is 5.97 Å². The van der Waals surface area contributed by atoms with Crippen molar-refractivity contribution in [3.05, 3.63) is 0 Å². The van der Waals surface area contributed by atoms with Crippen molar-refractivity contribution >= 4 is 5.97 Å². The summed E-state index contributed by atoms with van der Waals surface area (Å²) in [7, 11) is 0. The molecule has 0 aliphatic rings. The number of aliphatic hydroxyl groups excluding tert-OH is 24. The van der Waals surface area contributed by atoms with Crippen molar-refractivity contribution in [1.82, 2.24) is 0 Å². The first-order valence-corrected chi connectivity index (χ1v) is 25.7. The lowest BCUT2D eigenvalue weighted by Gasteiger charge is -2.50. The van der Waals surface area contributed by atoms with Crippen LogP contribution in [0.2, 0.25) is 0 Å². The van der Waals surface area contributed by atoms with E-state index in [0.717, 1.165) is 0 Å². The summed E-state index contributed by atoms with van der Waals surface area (Å²) >= 11 is 0. The summed E-state index contributed by atoms with van der Waals surface area (Å²) in [6.45, 7) is -10.5. The molecule has 0 bridgehead atoms. The van der Waals surface area contributed by atoms with Crippen molar-refractivity contribution in [2.45, 2.75) is 163 Å². The molecule has 0 aromatic heterocycles. The predicted molar refractivity (Wildman–Crippen MR) is 258 cm³/mol. The molecule has 0 aromatic carbocycles. The van der Waals surface area contributed by atoms with Gasteiger partial charge in [0.25, 0.3) is 0 Å². The third kappa shape index (κ3) is 26.4. The van der Waals surface area contributed by atoms with Gasteiger partial charge in [0.1, 0.15) is 18.8 Å². The van der Waals surface area contributed by atoms with Gasteiger partial charge < -0.3 is 127 Å². The number of carbonyl (C=O) groups is 1. The quantitative estimate of drug-likeness (QED) is 0.0199. The lowest BCUT2D eigenvalue weighted by atomic mass is 9.56. The number of hydrogen-bond donors (Lipinski definition) is 24. The van der Waals surface area contributed by atoms with Crippen molar-refractivity contribution in [3.8, 4) is 0 Å². The average Bonchev–Trinajstić information content (AvgIpc) is 3.40. The second kappa shape index (κ2) is 40.7. The van der Waals surface area contributed by atoms with Crippen molar-refractivity contribution in [2.24, 2.45) is 53.3 Å². The fraction of sp³-hybridized carbons (Fsp3) is 0.979. The molecule has 22 atom stereocenters. The SMILES string of the molecule is O=C(OCC(O)CO)C(O)C(O)C(O)C(CC(O)CO)C(CC(O)CO)C(CC(O)CO)C(CC(O)CO)C(CC(O)CO)C(CC(O)CO)C(CC(O)CO)C(CC(O)CO)C(CCCCCO)CC(O)CO. The highest BCUT2D eigenvalue weighted by Gasteiger charge is 2.50. The van der Waals surface area contributed by atoms with Gasteiger partial charge in [-0.25, -0.2) is 4.79 Å². The lowest BCUT2D eigenvalue weighted by Crippen LogP contribution is -2.52. The van der Waals surface area contributed by atoms with E-state index in [4.69, 9.17) is 9.84 Å². The van der Waals surface area contributed by atoms with Crippen molar-refractivity contribution in [2.75, 3.05) is 79.3 Å². The minimum Gasteiger partial charge on any atom is -0.461 e. The Morgan fingerprint density at radius 3 is 0.878 bits per heavy atom. The van der Waals surface area contributed by atoms with E-state index in [2.05, 4.69) is 0 Å². The molecule has 0 heterocycles. The van der Waals surface area contributed by atoms with Gasteiger partial charge in [0, 0.05) is 6.61 Å². The van der Waals surface area contributed by atoms with E-state index in [-0.39, 0.29) is 25.9 Å². The molecular formula is C48H96O26. The van der Waals surface area contributed by atoms with Crippen LogP contribution >= 0.6 is 0 Å². The molecule has 22 unspecified atom stereocenters. The second-order valence-corrected chi connectivity index (χ2v) is 20.2. The van der Waals surface area contributed by atoms with Crippen molar-refractivity contribution < 1.29 is 132 Å². The molecule has 0 aliphatic heterocycles. The molecule has 24 N–H and O–H groups in total. The molecule has 0 spiro atoms. The van der Waals surface area contributed by atoms with Gasteiger partial charge in [-0.15, -0.1) is 0 Å². The molecule has 0 amide bonds. The van der Waals surface area contributed by atoms with Crippen LogP contribution in [0.5, 0.6) is 0 Å². The number of unbranched alkanes of at least 4 members (excludes halogenated alkanes) is 2. The Labute approximate surface area is 432 Å². The maximum atomic E-state index is 12.9. The third-order valence-corrected chi connectivity index (χ3v) is 14.5. The smallest absolute Gasteiger partial charge is 0.337 e. The standard InChI is InChI=1S/C48H96O26/c49-5-3-1-2-4-26(6-27(60)15-50)37(7-28(61)16-51)38(8-29(62)17-52)39(9-30(63)18-53)40(10-31(64)19-54)41(11-32(65)20-55)42(12-33(66)21-56)43(13-34(67)22-57)44(14-35(68)23-58)45(70)46(71)47(72)48(73)74-25-36(69)24-59/h26-47,49-72H,1-25H2. The molecule has 26 nitrogen and oxygen atoms in total. The van der Waals surface area contributed by atoms with E-state index in [1.54, 1.807) is 0 Å². The van der Waals surface area contributed by atoms with E-state index in [1.165, 1.54) is 0 Å². The van der Waals surface area contributed by atoms with Gasteiger partial charge in [0.2, 0.25) is 0 Å². The number of aliphatic hydroxyl groups is 24. The summed E-state index contributed by atoms with van der Waals surface area (Å²) in [6, 6.07) is 0. The Bertz CT molecular complexity index is 1360. The van der Waals surface area contributed by atoms with E-state index in [0.29, 0.717) is 19.3 Å². The van der Waals surface area contributed by atoms with Crippen molar-refractivity contribution in [1.29, 1.82) is 0 Å². The Hall–Kier alpha value is -1.49. The average molecular weight is 1090 g/mol. The number of esters is 1. The third-order valence-electron chi connectivity index (χ3n) is 14.5. The van der Waals surface area contributed by atoms with Crippen LogP contribution in [0.3, 0.4) is 0 Å². The van der Waals surface area contributed by atoms with Crippen LogP contribution in [-0.2, 0) is 9.53 Å². The summed E-state index contributed by atoms with van der Waals surface area (Å²) in [5.74, 6) is -13.8. The molecular weight excluding hydrogens is 993 g/mol. The molecule has 0 saturated heterocycles. The summed E-state index contributed by atoms with van der Waals surface area (Å²) in [4.78, 5) is 12.9. The van der Waals surface area contributed by atoms with Crippen LogP contribution in [0.4, 0.5) is 0 Å². The number of hydrogen-bond acceptors (Lipinski definition) is 26. The first-order chi connectivity index (χ1) is 35.0. The van der Waals surface area contributed by atoms with Crippen molar-refractivity contribution in [3.63, 3.8) is 0 Å². The number of ether oxygens (including phenoxy) is 1. The molecule has 0 saturated carbocycles. The molecule has 74 heavy (non-hydrogen) atoms. The predicted octanol–water partition coefficient (Wildman–Crippen LogP) is -8.25. The maximum Gasteiger partial charge on any atom is 0.337 e. The number of carbonyl (C=O) groups excluding carboxylic acids is 1. The highest BCUT2D eigenvalue weighted by Crippen LogP contribution is 2.52. The highest BCUT2D eigenvalue weighted by molar-refractivity contribution is 5.75. The zero-order chi connectivity index (χ0) is 56.7. The van der Waals surface area contributed by atoms with Crippen LogP contribution in [0.1, 0.15) is 83.5 Å². The molecule has 0 aromatic rings. The topological polar surface area (TPSA) is 512 Å². The summed E-state index contributed by atoms with van der Waals surface area (Å²) in [6.07, 6.45) is -28.1. The zero-order valence-corrected chi connectivity index (χ0v) is 42.4. The summed E-state index contributed by atoms with van der Waals surface area (Å²) in [5.41, 5.74) is 0. The highest BCUT2D eigenvalue weighted by atomic mass is 16.6. The van der Waals surface area contributed by atoms with Crippen LogP contribution < -0.4 is 0 Å². The summed E-state index contributed by atoms with van der Waals surface area (Å²) in [5, 5.41) is 258.